The van der Waals surface area contributed by atoms with Gasteiger partial charge in [-0.3, -0.25) is 4.79 Å². The minimum Gasteiger partial charge on any atom is -0.326 e. The van der Waals surface area contributed by atoms with Crippen LogP contribution in [0.3, 0.4) is 0 Å². The van der Waals surface area contributed by atoms with E-state index in [1.54, 1.807) is 0 Å². The lowest BCUT2D eigenvalue weighted by Crippen LogP contribution is -2.43. The summed E-state index contributed by atoms with van der Waals surface area (Å²) in [5.41, 5.74) is 7.79. The van der Waals surface area contributed by atoms with Crippen LogP contribution in [0.2, 0.25) is 0 Å². The van der Waals surface area contributed by atoms with E-state index < -0.39 is 5.41 Å². The Bertz CT molecular complexity index is 454. The van der Waals surface area contributed by atoms with Crippen LogP contribution in [0.25, 0.3) is 0 Å². The number of amides is 1. The lowest BCUT2D eigenvalue weighted by Gasteiger charge is -2.23. The van der Waals surface area contributed by atoms with Crippen molar-refractivity contribution in [1.82, 2.24) is 0 Å². The van der Waals surface area contributed by atoms with Crippen LogP contribution in [0.4, 0.5) is 5.69 Å². The van der Waals surface area contributed by atoms with Crippen molar-refractivity contribution in [2.45, 2.75) is 45.1 Å². The molecular formula is C15H22N2O. The highest BCUT2D eigenvalue weighted by molar-refractivity contribution is 6.07. The standard InChI is InChI=1S/C15H22N2O/c1-4-7-11(16)10-17-13-9-6-5-8-12(13)15(2,3)14(17)18/h5-6,8-9,11H,4,7,10,16H2,1-3H3. The number of benzene rings is 1. The second-order valence-electron chi connectivity index (χ2n) is 5.61. The van der Waals surface area contributed by atoms with Gasteiger partial charge >= 0.3 is 0 Å². The van der Waals surface area contributed by atoms with Crippen LogP contribution >= 0.6 is 0 Å². The Kier molecular flexibility index (Phi) is 3.44. The maximum Gasteiger partial charge on any atom is 0.237 e. The van der Waals surface area contributed by atoms with Crippen LogP contribution < -0.4 is 10.6 Å². The number of rotatable bonds is 4. The molecule has 1 heterocycles. The summed E-state index contributed by atoms with van der Waals surface area (Å²) in [7, 11) is 0. The van der Waals surface area contributed by atoms with E-state index in [0.29, 0.717) is 6.54 Å². The Morgan fingerprint density at radius 3 is 2.67 bits per heavy atom. The number of nitrogens with zero attached hydrogens (tertiary/aromatic N) is 1. The molecule has 0 aromatic heterocycles. The second-order valence-corrected chi connectivity index (χ2v) is 5.61. The predicted octanol–water partition coefficient (Wildman–Crippen LogP) is 2.44. The van der Waals surface area contributed by atoms with E-state index in [-0.39, 0.29) is 11.9 Å². The Labute approximate surface area is 109 Å². The molecule has 0 fully saturated rings. The predicted molar refractivity (Wildman–Crippen MR) is 74.7 cm³/mol. The van der Waals surface area contributed by atoms with Gasteiger partial charge < -0.3 is 10.6 Å². The summed E-state index contributed by atoms with van der Waals surface area (Å²) in [5, 5.41) is 0. The minimum atomic E-state index is -0.428. The molecular weight excluding hydrogens is 224 g/mol. The molecule has 0 radical (unpaired) electrons. The molecule has 1 amide bonds. The number of hydrogen-bond acceptors (Lipinski definition) is 2. The van der Waals surface area contributed by atoms with E-state index in [2.05, 4.69) is 6.92 Å². The smallest absolute Gasteiger partial charge is 0.237 e. The molecule has 1 aliphatic rings. The van der Waals surface area contributed by atoms with Gasteiger partial charge in [-0.1, -0.05) is 31.5 Å². The molecule has 98 valence electrons. The third-order valence-corrected chi connectivity index (χ3v) is 3.72. The summed E-state index contributed by atoms with van der Waals surface area (Å²) in [6, 6.07) is 8.08. The van der Waals surface area contributed by atoms with Crippen molar-refractivity contribution in [2.24, 2.45) is 5.73 Å². The number of fused-ring (bicyclic) bond motifs is 1. The zero-order valence-corrected chi connectivity index (χ0v) is 11.4. The van der Waals surface area contributed by atoms with Gasteiger partial charge in [-0.25, -0.2) is 0 Å². The highest BCUT2D eigenvalue weighted by Crippen LogP contribution is 2.41. The highest BCUT2D eigenvalue weighted by atomic mass is 16.2. The van der Waals surface area contributed by atoms with Gasteiger partial charge in [0.1, 0.15) is 0 Å². The van der Waals surface area contributed by atoms with Crippen LogP contribution in [0.5, 0.6) is 0 Å². The van der Waals surface area contributed by atoms with Crippen molar-refractivity contribution >= 4 is 11.6 Å². The van der Waals surface area contributed by atoms with Gasteiger partial charge in [0.05, 0.1) is 5.41 Å². The lowest BCUT2D eigenvalue weighted by atomic mass is 9.86. The number of carbonyl (C=O) groups excluding carboxylic acids is 1. The number of carbonyl (C=O) groups is 1. The molecule has 1 aliphatic heterocycles. The first-order chi connectivity index (χ1) is 8.48. The van der Waals surface area contributed by atoms with E-state index in [1.807, 2.05) is 43.0 Å². The molecule has 0 spiro atoms. The molecule has 3 nitrogen and oxygen atoms in total. The Hall–Kier alpha value is -1.35. The zero-order valence-electron chi connectivity index (χ0n) is 11.4. The summed E-state index contributed by atoms with van der Waals surface area (Å²) >= 11 is 0. The maximum atomic E-state index is 12.5. The van der Waals surface area contributed by atoms with Gasteiger partial charge in [0.15, 0.2) is 0 Å². The molecule has 2 N–H and O–H groups in total. The average molecular weight is 246 g/mol. The van der Waals surface area contributed by atoms with Crippen LogP contribution in [-0.4, -0.2) is 18.5 Å². The molecule has 3 heteroatoms. The fourth-order valence-electron chi connectivity index (χ4n) is 2.68. The Morgan fingerprint density at radius 1 is 1.33 bits per heavy atom. The van der Waals surface area contributed by atoms with Crippen LogP contribution in [0.15, 0.2) is 24.3 Å². The van der Waals surface area contributed by atoms with Crippen molar-refractivity contribution in [3.63, 3.8) is 0 Å². The molecule has 0 aliphatic carbocycles. The maximum absolute atomic E-state index is 12.5. The van der Waals surface area contributed by atoms with Gasteiger partial charge in [0.2, 0.25) is 5.91 Å². The van der Waals surface area contributed by atoms with E-state index >= 15 is 0 Å². The Balaban J connectivity index is 2.30. The monoisotopic (exact) mass is 246 g/mol. The van der Waals surface area contributed by atoms with E-state index in [9.17, 15) is 4.79 Å². The van der Waals surface area contributed by atoms with E-state index in [1.165, 1.54) is 0 Å². The first-order valence-corrected chi connectivity index (χ1v) is 6.65. The van der Waals surface area contributed by atoms with Crippen molar-refractivity contribution in [1.29, 1.82) is 0 Å². The van der Waals surface area contributed by atoms with Gasteiger partial charge in [-0.2, -0.15) is 0 Å². The molecule has 0 saturated carbocycles. The molecule has 1 unspecified atom stereocenters. The Morgan fingerprint density at radius 2 is 2.00 bits per heavy atom. The summed E-state index contributed by atoms with van der Waals surface area (Å²) < 4.78 is 0. The minimum absolute atomic E-state index is 0.0564. The molecule has 1 aromatic rings. The third kappa shape index (κ3) is 2.03. The molecule has 1 atom stereocenters. The SMILES string of the molecule is CCCC(N)CN1C(=O)C(C)(C)c2ccccc21. The van der Waals surface area contributed by atoms with Crippen molar-refractivity contribution < 1.29 is 4.79 Å². The molecule has 0 saturated heterocycles. The van der Waals surface area contributed by atoms with Gasteiger partial charge in [-0.15, -0.1) is 0 Å². The summed E-state index contributed by atoms with van der Waals surface area (Å²) in [5.74, 6) is 0.162. The quantitative estimate of drug-likeness (QED) is 0.887. The fraction of sp³-hybridized carbons (Fsp3) is 0.533. The zero-order chi connectivity index (χ0) is 13.3. The van der Waals surface area contributed by atoms with Crippen LogP contribution in [-0.2, 0) is 10.2 Å². The van der Waals surface area contributed by atoms with Crippen molar-refractivity contribution in [3.05, 3.63) is 29.8 Å². The number of para-hydroxylation sites is 1. The van der Waals surface area contributed by atoms with E-state index in [0.717, 1.165) is 24.1 Å². The summed E-state index contributed by atoms with van der Waals surface area (Å²) in [6.45, 7) is 6.70. The molecule has 0 bridgehead atoms. The first-order valence-electron chi connectivity index (χ1n) is 6.65. The molecule has 18 heavy (non-hydrogen) atoms. The first kappa shape index (κ1) is 13.1. The third-order valence-electron chi connectivity index (χ3n) is 3.72. The largest absolute Gasteiger partial charge is 0.326 e. The van der Waals surface area contributed by atoms with Gasteiger partial charge in [0.25, 0.3) is 0 Å². The normalized spacial score (nSPS) is 18.9. The van der Waals surface area contributed by atoms with Gasteiger partial charge in [-0.05, 0) is 31.9 Å². The fourth-order valence-corrected chi connectivity index (χ4v) is 2.68. The second kappa shape index (κ2) is 4.73. The van der Waals surface area contributed by atoms with Crippen LogP contribution in [0, 0.1) is 0 Å². The molecule has 1 aromatic carbocycles. The lowest BCUT2D eigenvalue weighted by molar-refractivity contribution is -0.122. The highest BCUT2D eigenvalue weighted by Gasteiger charge is 2.43. The molecule has 2 rings (SSSR count). The van der Waals surface area contributed by atoms with E-state index in [4.69, 9.17) is 5.73 Å². The van der Waals surface area contributed by atoms with Gasteiger partial charge in [0, 0.05) is 18.3 Å². The summed E-state index contributed by atoms with van der Waals surface area (Å²) in [6.07, 6.45) is 2.00. The van der Waals surface area contributed by atoms with Crippen LogP contribution in [0.1, 0.15) is 39.2 Å². The average Bonchev–Trinajstić information content (AvgIpc) is 2.52. The van der Waals surface area contributed by atoms with Crippen molar-refractivity contribution in [3.8, 4) is 0 Å². The number of anilines is 1. The number of nitrogens with two attached hydrogens (primary N) is 1. The van der Waals surface area contributed by atoms with Crippen molar-refractivity contribution in [2.75, 3.05) is 11.4 Å². The number of hydrogen-bond donors (Lipinski definition) is 1. The summed E-state index contributed by atoms with van der Waals surface area (Å²) in [4.78, 5) is 14.4. The topological polar surface area (TPSA) is 46.3 Å².